The fourth-order valence-corrected chi connectivity index (χ4v) is 2.91. The molecule has 0 bridgehead atoms. The molecule has 1 N–H and O–H groups in total. The molecule has 5 heteroatoms. The number of carbonyl (C=O) groups is 1. The minimum absolute atomic E-state index is 0.0193. The summed E-state index contributed by atoms with van der Waals surface area (Å²) in [4.78, 5) is 23.9. The van der Waals surface area contributed by atoms with Crippen LogP contribution in [0.15, 0.2) is 76.5 Å². The standard InChI is InChI=1S/C21H16O5.C2H6/c1-4-14(15(5-2)21(24)25-3)20-16-8-6-12(22)10-18(16)26-19-11-13(23)7-9-17(19)20;1-2/h4-11,22H,1-2H2,3H3;1-2H3/b15-14-;. The summed E-state index contributed by atoms with van der Waals surface area (Å²) in [6, 6.07) is 9.04. The van der Waals surface area contributed by atoms with E-state index in [0.29, 0.717) is 33.4 Å². The van der Waals surface area contributed by atoms with Crippen LogP contribution in [0.25, 0.3) is 27.9 Å². The van der Waals surface area contributed by atoms with E-state index in [1.807, 2.05) is 13.8 Å². The zero-order chi connectivity index (χ0) is 20.8. The lowest BCUT2D eigenvalue weighted by molar-refractivity contribution is -0.135. The number of aromatic hydroxyl groups is 1. The summed E-state index contributed by atoms with van der Waals surface area (Å²) < 4.78 is 10.6. The van der Waals surface area contributed by atoms with Crippen molar-refractivity contribution < 1.29 is 19.1 Å². The molecule has 0 aromatic heterocycles. The zero-order valence-corrected chi connectivity index (χ0v) is 16.1. The summed E-state index contributed by atoms with van der Waals surface area (Å²) in [5.41, 5.74) is 2.13. The molecule has 0 radical (unpaired) electrons. The van der Waals surface area contributed by atoms with Crippen molar-refractivity contribution in [3.8, 4) is 17.1 Å². The van der Waals surface area contributed by atoms with Gasteiger partial charge in [0.05, 0.1) is 12.7 Å². The van der Waals surface area contributed by atoms with Gasteiger partial charge in [-0.15, -0.1) is 0 Å². The Morgan fingerprint density at radius 3 is 2.43 bits per heavy atom. The minimum atomic E-state index is -0.559. The summed E-state index contributed by atoms with van der Waals surface area (Å²) in [6.45, 7) is 11.5. The largest absolute Gasteiger partial charge is 0.508 e. The van der Waals surface area contributed by atoms with Gasteiger partial charge in [0, 0.05) is 28.6 Å². The molecule has 1 aromatic rings. The monoisotopic (exact) mass is 378 g/mol. The lowest BCUT2D eigenvalue weighted by Gasteiger charge is -2.17. The molecule has 2 aliphatic rings. The van der Waals surface area contributed by atoms with Crippen LogP contribution in [0.5, 0.6) is 5.75 Å². The van der Waals surface area contributed by atoms with E-state index < -0.39 is 5.97 Å². The van der Waals surface area contributed by atoms with Gasteiger partial charge in [-0.1, -0.05) is 39.2 Å². The van der Waals surface area contributed by atoms with Crippen LogP contribution in [0, 0.1) is 0 Å². The van der Waals surface area contributed by atoms with Crippen molar-refractivity contribution >= 4 is 22.5 Å². The van der Waals surface area contributed by atoms with Gasteiger partial charge in [0.15, 0.2) is 5.43 Å². The van der Waals surface area contributed by atoms with Gasteiger partial charge in [0.25, 0.3) is 0 Å². The average Bonchev–Trinajstić information content (AvgIpc) is 2.71. The first-order chi connectivity index (χ1) is 13.5. The Labute approximate surface area is 163 Å². The van der Waals surface area contributed by atoms with E-state index in [1.54, 1.807) is 12.1 Å². The molecule has 3 rings (SSSR count). The van der Waals surface area contributed by atoms with Crippen molar-refractivity contribution in [3.63, 3.8) is 0 Å². The van der Waals surface area contributed by atoms with E-state index in [0.717, 1.165) is 0 Å². The molecular weight excluding hydrogens is 356 g/mol. The predicted molar refractivity (Wildman–Crippen MR) is 111 cm³/mol. The van der Waals surface area contributed by atoms with E-state index in [9.17, 15) is 14.7 Å². The normalized spacial score (nSPS) is 11.2. The molecular formula is C23H22O5. The van der Waals surface area contributed by atoms with Gasteiger partial charge in [-0.3, -0.25) is 4.79 Å². The van der Waals surface area contributed by atoms with E-state index in [4.69, 9.17) is 9.15 Å². The molecule has 144 valence electrons. The van der Waals surface area contributed by atoms with Crippen LogP contribution in [0.3, 0.4) is 0 Å². The predicted octanol–water partition coefficient (Wildman–Crippen LogP) is 4.93. The first kappa shape index (κ1) is 20.7. The van der Waals surface area contributed by atoms with Crippen molar-refractivity contribution in [1.82, 2.24) is 0 Å². The first-order valence-electron chi connectivity index (χ1n) is 8.77. The Bertz CT molecular complexity index is 1100. The smallest absolute Gasteiger partial charge is 0.338 e. The SMILES string of the molecule is C=C/C(C(=O)OC)=C(\C=C)c1c2ccc(=O)cc-2oc2cc(O)ccc12.CC. The maximum Gasteiger partial charge on any atom is 0.338 e. The second-order valence-electron chi connectivity index (χ2n) is 5.54. The highest BCUT2D eigenvalue weighted by atomic mass is 16.5. The average molecular weight is 378 g/mol. The van der Waals surface area contributed by atoms with Gasteiger partial charge in [0.1, 0.15) is 17.1 Å². The summed E-state index contributed by atoms with van der Waals surface area (Å²) in [5, 5.41) is 10.4. The summed E-state index contributed by atoms with van der Waals surface area (Å²) >= 11 is 0. The van der Waals surface area contributed by atoms with Crippen LogP contribution in [0.2, 0.25) is 0 Å². The lowest BCUT2D eigenvalue weighted by Crippen LogP contribution is -2.07. The van der Waals surface area contributed by atoms with Crippen molar-refractivity contribution in [2.24, 2.45) is 0 Å². The van der Waals surface area contributed by atoms with Gasteiger partial charge in [-0.25, -0.2) is 4.79 Å². The zero-order valence-electron chi connectivity index (χ0n) is 16.1. The summed E-state index contributed by atoms with van der Waals surface area (Å²) in [7, 11) is 1.28. The Kier molecular flexibility index (Phi) is 6.55. The molecule has 1 aliphatic heterocycles. The van der Waals surface area contributed by atoms with Gasteiger partial charge < -0.3 is 14.3 Å². The second-order valence-corrected chi connectivity index (χ2v) is 5.54. The van der Waals surface area contributed by atoms with Crippen LogP contribution in [0.1, 0.15) is 19.4 Å². The number of rotatable bonds is 4. The summed E-state index contributed by atoms with van der Waals surface area (Å²) in [5.74, 6) is -0.208. The number of ether oxygens (including phenoxy) is 1. The molecule has 0 saturated carbocycles. The molecule has 1 heterocycles. The highest BCUT2D eigenvalue weighted by Crippen LogP contribution is 2.39. The highest BCUT2D eigenvalue weighted by Gasteiger charge is 2.22. The van der Waals surface area contributed by atoms with Crippen LogP contribution >= 0.6 is 0 Å². The van der Waals surface area contributed by atoms with E-state index in [1.165, 1.54) is 43.5 Å². The number of hydrogen-bond acceptors (Lipinski definition) is 5. The van der Waals surface area contributed by atoms with Gasteiger partial charge in [-0.2, -0.15) is 0 Å². The Morgan fingerprint density at radius 2 is 1.82 bits per heavy atom. The van der Waals surface area contributed by atoms with Crippen molar-refractivity contribution in [2.45, 2.75) is 13.8 Å². The third-order valence-electron chi connectivity index (χ3n) is 4.05. The molecule has 0 amide bonds. The lowest BCUT2D eigenvalue weighted by atomic mass is 9.90. The quantitative estimate of drug-likeness (QED) is 0.301. The Hall–Kier alpha value is -3.60. The maximum absolute atomic E-state index is 12.2. The van der Waals surface area contributed by atoms with Gasteiger partial charge >= 0.3 is 5.97 Å². The van der Waals surface area contributed by atoms with Gasteiger partial charge in [-0.05, 0) is 29.8 Å². The Morgan fingerprint density at radius 1 is 1.11 bits per heavy atom. The number of hydrogen-bond donors (Lipinski definition) is 1. The highest BCUT2D eigenvalue weighted by molar-refractivity contribution is 6.09. The molecule has 0 spiro atoms. The van der Waals surface area contributed by atoms with E-state index in [2.05, 4.69) is 13.2 Å². The number of carbonyl (C=O) groups excluding carboxylic acids is 1. The van der Waals surface area contributed by atoms with E-state index in [-0.39, 0.29) is 16.8 Å². The molecule has 0 atom stereocenters. The number of methoxy groups -OCH3 is 1. The number of benzene rings is 2. The number of phenolic OH excluding ortho intramolecular Hbond substituents is 1. The third-order valence-corrected chi connectivity index (χ3v) is 4.05. The van der Waals surface area contributed by atoms with Crippen LogP contribution < -0.4 is 5.43 Å². The number of esters is 1. The number of allylic oxidation sites excluding steroid dienone is 2. The molecule has 5 nitrogen and oxygen atoms in total. The van der Waals surface area contributed by atoms with Crippen molar-refractivity contribution in [1.29, 1.82) is 0 Å². The van der Waals surface area contributed by atoms with E-state index >= 15 is 0 Å². The molecule has 0 saturated heterocycles. The van der Waals surface area contributed by atoms with Crippen LogP contribution in [-0.4, -0.2) is 18.2 Å². The fraction of sp³-hybridized carbons (Fsp3) is 0.130. The third kappa shape index (κ3) is 3.74. The molecule has 0 fully saturated rings. The fourth-order valence-electron chi connectivity index (χ4n) is 2.91. The second kappa shape index (κ2) is 8.86. The number of fused-ring (bicyclic) bond motifs is 2. The Balaban J connectivity index is 0.00000136. The maximum atomic E-state index is 12.2. The van der Waals surface area contributed by atoms with Crippen LogP contribution in [-0.2, 0) is 9.53 Å². The van der Waals surface area contributed by atoms with Gasteiger partial charge in [0.2, 0.25) is 0 Å². The number of phenols is 1. The topological polar surface area (TPSA) is 76.7 Å². The molecule has 0 unspecified atom stereocenters. The minimum Gasteiger partial charge on any atom is -0.508 e. The molecule has 28 heavy (non-hydrogen) atoms. The summed E-state index contributed by atoms with van der Waals surface area (Å²) in [6.07, 6.45) is 2.92. The van der Waals surface area contributed by atoms with Crippen molar-refractivity contribution in [2.75, 3.05) is 7.11 Å². The molecule has 1 aliphatic carbocycles. The van der Waals surface area contributed by atoms with Crippen LogP contribution in [0.4, 0.5) is 0 Å². The van der Waals surface area contributed by atoms with Crippen molar-refractivity contribution in [3.05, 3.63) is 83.1 Å². The first-order valence-corrected chi connectivity index (χ1v) is 8.77. The molecule has 1 aromatic carbocycles.